The quantitative estimate of drug-likeness (QED) is 0.697. The van der Waals surface area contributed by atoms with Gasteiger partial charge in [0.15, 0.2) is 0 Å². The maximum atomic E-state index is 3.52. The minimum absolute atomic E-state index is 0.917. The molecule has 3 aromatic rings. The van der Waals surface area contributed by atoms with Crippen LogP contribution in [0.25, 0.3) is 11.1 Å². The van der Waals surface area contributed by atoms with Crippen LogP contribution in [0.4, 0.5) is 0 Å². The van der Waals surface area contributed by atoms with Gasteiger partial charge < -0.3 is 5.32 Å². The summed E-state index contributed by atoms with van der Waals surface area (Å²) in [5.41, 5.74) is 5.26. The van der Waals surface area contributed by atoms with Gasteiger partial charge in [-0.05, 0) is 35.1 Å². The largest absolute Gasteiger partial charge is 0.308 e. The fourth-order valence-electron chi connectivity index (χ4n) is 2.41. The first-order valence-corrected chi connectivity index (χ1v) is 8.08. The molecule has 2 heteroatoms. The fourth-order valence-corrected chi connectivity index (χ4v) is 3.27. The van der Waals surface area contributed by atoms with E-state index in [4.69, 9.17) is 0 Å². The first-order valence-electron chi connectivity index (χ1n) is 7.20. The van der Waals surface area contributed by atoms with E-state index in [1.807, 2.05) is 11.3 Å². The molecule has 0 spiro atoms. The number of nitrogens with one attached hydrogen (secondary N) is 1. The normalized spacial score (nSPS) is 10.7. The minimum Gasteiger partial charge on any atom is -0.308 e. The molecule has 1 heterocycles. The van der Waals surface area contributed by atoms with E-state index in [0.717, 1.165) is 13.1 Å². The lowest BCUT2D eigenvalue weighted by Crippen LogP contribution is -2.11. The summed E-state index contributed by atoms with van der Waals surface area (Å²) in [5, 5.41) is 5.76. The average Bonchev–Trinajstić information content (AvgIpc) is 2.97. The molecule has 0 unspecified atom stereocenters. The number of hydrogen-bond donors (Lipinski definition) is 1. The Kier molecular flexibility index (Phi) is 4.49. The molecule has 0 atom stereocenters. The van der Waals surface area contributed by atoms with Crippen LogP contribution in [0.3, 0.4) is 0 Å². The van der Waals surface area contributed by atoms with Crippen molar-refractivity contribution in [1.29, 1.82) is 0 Å². The second-order valence-corrected chi connectivity index (χ2v) is 6.26. The second-order valence-electron chi connectivity index (χ2n) is 5.26. The Morgan fingerprint density at radius 2 is 1.71 bits per heavy atom. The van der Waals surface area contributed by atoms with Crippen LogP contribution in [0.15, 0.2) is 66.0 Å². The van der Waals surface area contributed by atoms with Gasteiger partial charge in [0.2, 0.25) is 0 Å². The number of hydrogen-bond acceptors (Lipinski definition) is 2. The van der Waals surface area contributed by atoms with E-state index in [1.54, 1.807) is 0 Å². The number of thiophene rings is 1. The van der Waals surface area contributed by atoms with Crippen LogP contribution in [0.2, 0.25) is 0 Å². The van der Waals surface area contributed by atoms with Crippen LogP contribution in [-0.4, -0.2) is 0 Å². The highest BCUT2D eigenvalue weighted by atomic mass is 32.1. The Morgan fingerprint density at radius 3 is 2.52 bits per heavy atom. The Hall–Kier alpha value is -1.90. The predicted molar refractivity (Wildman–Crippen MR) is 91.5 cm³/mol. The van der Waals surface area contributed by atoms with Gasteiger partial charge in [0, 0.05) is 18.0 Å². The molecule has 106 valence electrons. The summed E-state index contributed by atoms with van der Waals surface area (Å²) in [6, 6.07) is 21.5. The van der Waals surface area contributed by atoms with Crippen molar-refractivity contribution in [3.05, 3.63) is 82.0 Å². The lowest BCUT2D eigenvalue weighted by molar-refractivity contribution is 0.700. The molecule has 21 heavy (non-hydrogen) atoms. The second kappa shape index (κ2) is 6.70. The van der Waals surface area contributed by atoms with E-state index in [0.29, 0.717) is 0 Å². The molecule has 0 saturated carbocycles. The third-order valence-corrected chi connectivity index (χ3v) is 4.41. The van der Waals surface area contributed by atoms with Gasteiger partial charge in [0.05, 0.1) is 0 Å². The number of benzene rings is 2. The first kappa shape index (κ1) is 14.1. The summed E-state index contributed by atoms with van der Waals surface area (Å²) in [5.74, 6) is 0. The van der Waals surface area contributed by atoms with Gasteiger partial charge in [0.25, 0.3) is 0 Å². The summed E-state index contributed by atoms with van der Waals surface area (Å²) in [6.07, 6.45) is 0. The molecular formula is C19H19NS. The lowest BCUT2D eigenvalue weighted by Gasteiger charge is -2.04. The van der Waals surface area contributed by atoms with E-state index in [2.05, 4.69) is 78.3 Å². The summed E-state index contributed by atoms with van der Waals surface area (Å²) >= 11 is 1.82. The summed E-state index contributed by atoms with van der Waals surface area (Å²) in [7, 11) is 0. The van der Waals surface area contributed by atoms with Gasteiger partial charge in [0.1, 0.15) is 0 Å². The Balaban J connectivity index is 1.58. The van der Waals surface area contributed by atoms with E-state index >= 15 is 0 Å². The zero-order valence-electron chi connectivity index (χ0n) is 12.2. The lowest BCUT2D eigenvalue weighted by atomic mass is 10.1. The van der Waals surface area contributed by atoms with E-state index in [9.17, 15) is 0 Å². The molecular weight excluding hydrogens is 274 g/mol. The first-order chi connectivity index (χ1) is 10.3. The molecule has 2 aromatic carbocycles. The van der Waals surface area contributed by atoms with Gasteiger partial charge in [-0.1, -0.05) is 60.2 Å². The predicted octanol–water partition coefficient (Wildman–Crippen LogP) is 5.01. The maximum absolute atomic E-state index is 3.52. The third kappa shape index (κ3) is 3.81. The summed E-state index contributed by atoms with van der Waals surface area (Å²) < 4.78 is 0. The van der Waals surface area contributed by atoms with Gasteiger partial charge in [-0.15, -0.1) is 11.3 Å². The van der Waals surface area contributed by atoms with Crippen molar-refractivity contribution in [2.24, 2.45) is 0 Å². The maximum Gasteiger partial charge on any atom is 0.0303 e. The zero-order chi connectivity index (χ0) is 14.5. The standard InChI is InChI=1S/C19H19NS/c1-15-6-5-7-16(10-15)12-20-13-19-11-18(14-21-19)17-8-3-2-4-9-17/h2-11,14,20H,12-13H2,1H3. The van der Waals surface area contributed by atoms with Crippen LogP contribution >= 0.6 is 11.3 Å². The number of rotatable bonds is 5. The molecule has 1 aromatic heterocycles. The van der Waals surface area contributed by atoms with Crippen LogP contribution in [-0.2, 0) is 13.1 Å². The summed E-state index contributed by atoms with van der Waals surface area (Å²) in [6.45, 7) is 3.97. The van der Waals surface area contributed by atoms with Crippen LogP contribution in [0.5, 0.6) is 0 Å². The molecule has 3 rings (SSSR count). The van der Waals surface area contributed by atoms with Gasteiger partial charge in [-0.2, -0.15) is 0 Å². The Morgan fingerprint density at radius 1 is 0.857 bits per heavy atom. The van der Waals surface area contributed by atoms with Gasteiger partial charge in [-0.3, -0.25) is 0 Å². The van der Waals surface area contributed by atoms with Crippen LogP contribution in [0, 0.1) is 6.92 Å². The zero-order valence-corrected chi connectivity index (χ0v) is 13.0. The van der Waals surface area contributed by atoms with Crippen molar-refractivity contribution < 1.29 is 0 Å². The van der Waals surface area contributed by atoms with Crippen molar-refractivity contribution >= 4 is 11.3 Å². The molecule has 0 fully saturated rings. The molecule has 0 aliphatic heterocycles. The highest BCUT2D eigenvalue weighted by Crippen LogP contribution is 2.25. The van der Waals surface area contributed by atoms with E-state index < -0.39 is 0 Å². The smallest absolute Gasteiger partial charge is 0.0303 e. The molecule has 0 bridgehead atoms. The molecule has 0 aliphatic rings. The molecule has 0 aliphatic carbocycles. The number of aryl methyl sites for hydroxylation is 1. The fraction of sp³-hybridized carbons (Fsp3) is 0.158. The molecule has 0 saturated heterocycles. The van der Waals surface area contributed by atoms with E-state index in [-0.39, 0.29) is 0 Å². The summed E-state index contributed by atoms with van der Waals surface area (Å²) in [4.78, 5) is 1.38. The van der Waals surface area contributed by atoms with Crippen LogP contribution in [0.1, 0.15) is 16.0 Å². The van der Waals surface area contributed by atoms with Crippen molar-refractivity contribution in [1.82, 2.24) is 5.32 Å². The molecule has 1 nitrogen and oxygen atoms in total. The Bertz CT molecular complexity index is 700. The topological polar surface area (TPSA) is 12.0 Å². The minimum atomic E-state index is 0.917. The third-order valence-electron chi connectivity index (χ3n) is 3.47. The molecule has 1 N–H and O–H groups in total. The van der Waals surface area contributed by atoms with Crippen molar-refractivity contribution in [3.8, 4) is 11.1 Å². The molecule has 0 amide bonds. The Labute approximate surface area is 130 Å². The average molecular weight is 293 g/mol. The van der Waals surface area contributed by atoms with E-state index in [1.165, 1.54) is 27.1 Å². The van der Waals surface area contributed by atoms with Crippen molar-refractivity contribution in [3.63, 3.8) is 0 Å². The molecule has 0 radical (unpaired) electrons. The van der Waals surface area contributed by atoms with Gasteiger partial charge >= 0.3 is 0 Å². The van der Waals surface area contributed by atoms with Crippen LogP contribution < -0.4 is 5.32 Å². The SMILES string of the molecule is Cc1cccc(CNCc2cc(-c3ccccc3)cs2)c1. The highest BCUT2D eigenvalue weighted by molar-refractivity contribution is 7.10. The highest BCUT2D eigenvalue weighted by Gasteiger charge is 2.02. The van der Waals surface area contributed by atoms with Crippen molar-refractivity contribution in [2.45, 2.75) is 20.0 Å². The monoisotopic (exact) mass is 293 g/mol. The van der Waals surface area contributed by atoms with Crippen molar-refractivity contribution in [2.75, 3.05) is 0 Å². The van der Waals surface area contributed by atoms with Gasteiger partial charge in [-0.25, -0.2) is 0 Å².